The summed E-state index contributed by atoms with van der Waals surface area (Å²) in [6.45, 7) is 5.32. The number of piperidine rings is 1. The maximum Gasteiger partial charge on any atom is 0.261 e. The van der Waals surface area contributed by atoms with Crippen LogP contribution in [0.3, 0.4) is 0 Å². The van der Waals surface area contributed by atoms with E-state index in [0.29, 0.717) is 49.1 Å². The number of fused-ring (bicyclic) bond motifs is 1. The summed E-state index contributed by atoms with van der Waals surface area (Å²) in [5.41, 5.74) is 0.854. The highest BCUT2D eigenvalue weighted by Crippen LogP contribution is 2.66. The molecule has 1 saturated heterocycles. The van der Waals surface area contributed by atoms with Crippen molar-refractivity contribution in [1.82, 2.24) is 9.80 Å². The molecular formula is C27H26N2O5. The van der Waals surface area contributed by atoms with Gasteiger partial charge in [-0.3, -0.25) is 19.4 Å². The molecule has 1 spiro atoms. The molecule has 1 saturated carbocycles. The molecule has 174 valence electrons. The number of amides is 2. The molecule has 7 heteroatoms. The topological polar surface area (TPSA) is 90.3 Å². The van der Waals surface area contributed by atoms with Crippen LogP contribution in [0.1, 0.15) is 51.1 Å². The number of hydrogen-bond donors (Lipinski definition) is 2. The third kappa shape index (κ3) is 2.11. The predicted molar refractivity (Wildman–Crippen MR) is 123 cm³/mol. The SMILES string of the molecule is C=CCN1CC[C@]23c4c5ccc(O)c4O[C@H]2[C@H](N2C(=O)c4ccccc4C2=O)CCC3(O)[C@H]1C5. The van der Waals surface area contributed by atoms with Crippen LogP contribution in [0.4, 0.5) is 0 Å². The van der Waals surface area contributed by atoms with Crippen molar-refractivity contribution in [3.63, 3.8) is 0 Å². The minimum Gasteiger partial charge on any atom is -0.504 e. The van der Waals surface area contributed by atoms with Crippen molar-refractivity contribution in [3.05, 3.63) is 71.3 Å². The normalized spacial score (nSPS) is 35.1. The van der Waals surface area contributed by atoms with Gasteiger partial charge in [-0.2, -0.15) is 0 Å². The summed E-state index contributed by atoms with van der Waals surface area (Å²) in [7, 11) is 0. The number of rotatable bonds is 3. The van der Waals surface area contributed by atoms with Crippen LogP contribution < -0.4 is 4.74 Å². The molecule has 5 atom stereocenters. The Morgan fingerprint density at radius 2 is 1.85 bits per heavy atom. The van der Waals surface area contributed by atoms with Crippen LogP contribution in [0.2, 0.25) is 0 Å². The second-order valence-corrected chi connectivity index (χ2v) is 10.3. The predicted octanol–water partition coefficient (Wildman–Crippen LogP) is 2.40. The third-order valence-corrected chi connectivity index (χ3v) is 9.06. The van der Waals surface area contributed by atoms with Crippen LogP contribution in [0.15, 0.2) is 49.1 Å². The maximum atomic E-state index is 13.4. The van der Waals surface area contributed by atoms with Crippen molar-refractivity contribution in [2.45, 2.75) is 54.9 Å². The fraction of sp³-hybridized carbons (Fsp3) is 0.407. The lowest BCUT2D eigenvalue weighted by Gasteiger charge is -2.64. The zero-order valence-electron chi connectivity index (χ0n) is 18.7. The number of nitrogens with zero attached hydrogens (tertiary/aromatic N) is 2. The van der Waals surface area contributed by atoms with E-state index < -0.39 is 23.2 Å². The molecule has 2 aromatic carbocycles. The van der Waals surface area contributed by atoms with Gasteiger partial charge < -0.3 is 14.9 Å². The van der Waals surface area contributed by atoms with Crippen molar-refractivity contribution in [2.75, 3.05) is 13.1 Å². The smallest absolute Gasteiger partial charge is 0.261 e. The number of imide groups is 1. The van der Waals surface area contributed by atoms with Gasteiger partial charge in [-0.25, -0.2) is 0 Å². The number of ether oxygens (including phenoxy) is 1. The molecule has 34 heavy (non-hydrogen) atoms. The van der Waals surface area contributed by atoms with Gasteiger partial charge in [-0.15, -0.1) is 6.58 Å². The second-order valence-electron chi connectivity index (χ2n) is 10.3. The van der Waals surface area contributed by atoms with Gasteiger partial charge in [0.05, 0.1) is 28.2 Å². The van der Waals surface area contributed by atoms with Gasteiger partial charge in [0.2, 0.25) is 0 Å². The first kappa shape index (κ1) is 20.2. The Labute approximate surface area is 197 Å². The number of likely N-dealkylation sites (tertiary alicyclic amines) is 1. The largest absolute Gasteiger partial charge is 0.504 e. The Kier molecular flexibility index (Phi) is 3.86. The summed E-state index contributed by atoms with van der Waals surface area (Å²) in [5.74, 6) is -0.182. The Morgan fingerprint density at radius 3 is 2.56 bits per heavy atom. The average Bonchev–Trinajstić information content (AvgIpc) is 3.31. The van der Waals surface area contributed by atoms with E-state index >= 15 is 0 Å². The average molecular weight is 459 g/mol. The lowest BCUT2D eigenvalue weighted by molar-refractivity contribution is -0.194. The fourth-order valence-corrected chi connectivity index (χ4v) is 7.76. The van der Waals surface area contributed by atoms with Crippen molar-refractivity contribution >= 4 is 11.8 Å². The van der Waals surface area contributed by atoms with Crippen molar-refractivity contribution < 1.29 is 24.5 Å². The molecule has 0 radical (unpaired) electrons. The molecule has 3 heterocycles. The first-order valence-corrected chi connectivity index (χ1v) is 12.0. The quantitative estimate of drug-likeness (QED) is 0.542. The highest BCUT2D eigenvalue weighted by atomic mass is 16.5. The Bertz CT molecular complexity index is 1250. The van der Waals surface area contributed by atoms with E-state index in [0.717, 1.165) is 17.7 Å². The number of aliphatic hydroxyl groups is 1. The fourth-order valence-electron chi connectivity index (χ4n) is 7.76. The minimum atomic E-state index is -1.10. The molecule has 0 aromatic heterocycles. The number of phenolic OH excluding ortho intramolecular Hbond substituents is 1. The molecule has 5 aliphatic rings. The molecule has 7 rings (SSSR count). The van der Waals surface area contributed by atoms with Crippen LogP contribution in [-0.4, -0.2) is 68.7 Å². The molecule has 3 aliphatic heterocycles. The first-order chi connectivity index (χ1) is 16.4. The molecule has 2 bridgehead atoms. The summed E-state index contributed by atoms with van der Waals surface area (Å²) >= 11 is 0. The number of carbonyl (C=O) groups is 2. The zero-order valence-corrected chi connectivity index (χ0v) is 18.7. The van der Waals surface area contributed by atoms with Crippen LogP contribution >= 0.6 is 0 Å². The second kappa shape index (κ2) is 6.49. The van der Waals surface area contributed by atoms with Gasteiger partial charge in [0.15, 0.2) is 11.5 Å². The highest BCUT2D eigenvalue weighted by Gasteiger charge is 2.74. The Morgan fingerprint density at radius 1 is 1.12 bits per heavy atom. The number of carbonyl (C=O) groups excluding carboxylic acids is 2. The van der Waals surface area contributed by atoms with E-state index in [-0.39, 0.29) is 23.6 Å². The summed E-state index contributed by atoms with van der Waals surface area (Å²) in [6, 6.07) is 9.82. The number of benzene rings is 2. The standard InChI is InChI=1S/C27H26N2O5/c1-2-12-28-13-11-26-21-15-7-8-19(30)22(21)34-23(26)18(9-10-27(26,33)20(28)14-15)29-24(31)16-5-3-4-6-17(16)25(29)32/h2-8,18,20,23,30,33H,1,9-14H2/t18-,20-,23+,26+,27?/m1/s1. The molecule has 7 nitrogen and oxygen atoms in total. The molecule has 2 aliphatic carbocycles. The Hall–Kier alpha value is -3.16. The van der Waals surface area contributed by atoms with E-state index in [4.69, 9.17) is 4.74 Å². The van der Waals surface area contributed by atoms with E-state index in [1.165, 1.54) is 4.90 Å². The van der Waals surface area contributed by atoms with Gasteiger partial charge in [0.25, 0.3) is 11.8 Å². The van der Waals surface area contributed by atoms with Crippen molar-refractivity contribution in [3.8, 4) is 11.5 Å². The van der Waals surface area contributed by atoms with E-state index in [2.05, 4.69) is 11.5 Å². The lowest BCUT2D eigenvalue weighted by Crippen LogP contribution is -2.78. The highest BCUT2D eigenvalue weighted by molar-refractivity contribution is 6.21. The van der Waals surface area contributed by atoms with Gasteiger partial charge in [0, 0.05) is 18.2 Å². The van der Waals surface area contributed by atoms with Gasteiger partial charge in [-0.1, -0.05) is 24.3 Å². The third-order valence-electron chi connectivity index (χ3n) is 9.06. The molecule has 2 aromatic rings. The Balaban J connectivity index is 1.40. The summed E-state index contributed by atoms with van der Waals surface area (Å²) in [5, 5.41) is 23.2. The summed E-state index contributed by atoms with van der Waals surface area (Å²) < 4.78 is 6.50. The van der Waals surface area contributed by atoms with Crippen molar-refractivity contribution in [1.29, 1.82) is 0 Å². The summed E-state index contributed by atoms with van der Waals surface area (Å²) in [6.07, 6.45) is 3.40. The number of aromatic hydroxyl groups is 1. The maximum absolute atomic E-state index is 13.4. The molecule has 2 amide bonds. The van der Waals surface area contributed by atoms with E-state index in [1.807, 2.05) is 12.1 Å². The monoisotopic (exact) mass is 458 g/mol. The first-order valence-electron chi connectivity index (χ1n) is 12.0. The van der Waals surface area contributed by atoms with Crippen molar-refractivity contribution in [2.24, 2.45) is 0 Å². The zero-order chi connectivity index (χ0) is 23.4. The molecule has 2 fully saturated rings. The van der Waals surface area contributed by atoms with E-state index in [1.54, 1.807) is 30.3 Å². The summed E-state index contributed by atoms with van der Waals surface area (Å²) in [4.78, 5) is 30.4. The van der Waals surface area contributed by atoms with Crippen LogP contribution in [0.25, 0.3) is 0 Å². The van der Waals surface area contributed by atoms with Crippen LogP contribution in [0.5, 0.6) is 11.5 Å². The van der Waals surface area contributed by atoms with Gasteiger partial charge >= 0.3 is 0 Å². The van der Waals surface area contributed by atoms with Gasteiger partial charge in [0.1, 0.15) is 6.10 Å². The molecular weight excluding hydrogens is 432 g/mol. The number of hydrogen-bond acceptors (Lipinski definition) is 6. The number of phenols is 1. The van der Waals surface area contributed by atoms with E-state index in [9.17, 15) is 19.8 Å². The van der Waals surface area contributed by atoms with Crippen LogP contribution in [0, 0.1) is 0 Å². The minimum absolute atomic E-state index is 0.0398. The molecule has 2 N–H and O–H groups in total. The van der Waals surface area contributed by atoms with Gasteiger partial charge in [-0.05, 0) is 56.0 Å². The van der Waals surface area contributed by atoms with Crippen LogP contribution in [-0.2, 0) is 11.8 Å². The lowest BCUT2D eigenvalue weighted by atomic mass is 9.48. The molecule has 1 unspecified atom stereocenters.